The van der Waals surface area contributed by atoms with Gasteiger partial charge >= 0.3 is 6.09 Å². The van der Waals surface area contributed by atoms with E-state index >= 15 is 0 Å². The van der Waals surface area contributed by atoms with Crippen molar-refractivity contribution in [2.45, 2.75) is 58.7 Å². The lowest BCUT2D eigenvalue weighted by molar-refractivity contribution is -0.139. The van der Waals surface area contributed by atoms with Crippen LogP contribution in [0.5, 0.6) is 5.75 Å². The molecule has 0 radical (unpaired) electrons. The van der Waals surface area contributed by atoms with E-state index < -0.39 is 29.6 Å². The number of hydrogen-bond donors (Lipinski definition) is 3. The molecule has 1 fully saturated rings. The maximum absolute atomic E-state index is 13.7. The second-order valence-electron chi connectivity index (χ2n) is 9.86. The predicted octanol–water partition coefficient (Wildman–Crippen LogP) is 4.80. The Labute approximate surface area is 210 Å². The Morgan fingerprint density at radius 3 is 2.43 bits per heavy atom. The number of benzene rings is 2. The number of phenolic OH excluding ortho intramolecular Hbond substituents is 1. The van der Waals surface area contributed by atoms with E-state index in [0.29, 0.717) is 22.7 Å². The van der Waals surface area contributed by atoms with Crippen LogP contribution in [0.25, 0.3) is 0 Å². The second-order valence-corrected chi connectivity index (χ2v) is 10.3. The standard InChI is InChI=1S/C26H32ClN3O5/c1-15-8-6-11-19(27)22(15)29-24(33)23(17-9-7-10-18(31)13-17)30(20-12-16(20)2)21(32)14-28-25(34)35-26(3,4)5/h6-11,13,16,20,23,31H,12,14H2,1-5H3,(H,28,34)(H,29,33). The average molecular weight is 502 g/mol. The smallest absolute Gasteiger partial charge is 0.408 e. The van der Waals surface area contributed by atoms with Crippen LogP contribution in [0.4, 0.5) is 10.5 Å². The number of nitrogens with zero attached hydrogens (tertiary/aromatic N) is 1. The first-order chi connectivity index (χ1) is 16.4. The highest BCUT2D eigenvalue weighted by Gasteiger charge is 2.46. The summed E-state index contributed by atoms with van der Waals surface area (Å²) in [4.78, 5) is 40.7. The molecule has 2 aromatic carbocycles. The summed E-state index contributed by atoms with van der Waals surface area (Å²) in [5, 5.41) is 15.8. The topological polar surface area (TPSA) is 108 Å². The molecule has 1 aliphatic rings. The molecule has 1 saturated carbocycles. The molecule has 0 saturated heterocycles. The van der Waals surface area contributed by atoms with E-state index in [4.69, 9.17) is 16.3 Å². The zero-order valence-electron chi connectivity index (χ0n) is 20.6. The number of aromatic hydroxyl groups is 1. The van der Waals surface area contributed by atoms with E-state index in [2.05, 4.69) is 10.6 Å². The van der Waals surface area contributed by atoms with Gasteiger partial charge < -0.3 is 25.4 Å². The third kappa shape index (κ3) is 6.88. The van der Waals surface area contributed by atoms with Gasteiger partial charge in [0.25, 0.3) is 5.91 Å². The normalized spacial score (nSPS) is 17.8. The van der Waals surface area contributed by atoms with Crippen molar-refractivity contribution in [1.82, 2.24) is 10.2 Å². The molecular formula is C26H32ClN3O5. The number of carbonyl (C=O) groups is 3. The van der Waals surface area contributed by atoms with Crippen LogP contribution in [0.1, 0.15) is 51.3 Å². The van der Waals surface area contributed by atoms with Crippen molar-refractivity contribution in [3.63, 3.8) is 0 Å². The maximum atomic E-state index is 13.7. The fourth-order valence-electron chi connectivity index (χ4n) is 3.88. The first kappa shape index (κ1) is 26.3. The first-order valence-corrected chi connectivity index (χ1v) is 11.9. The lowest BCUT2D eigenvalue weighted by atomic mass is 10.0. The lowest BCUT2D eigenvalue weighted by Gasteiger charge is -2.32. The molecule has 9 heteroatoms. The first-order valence-electron chi connectivity index (χ1n) is 11.5. The molecule has 3 N–H and O–H groups in total. The van der Waals surface area contributed by atoms with Crippen molar-refractivity contribution in [3.05, 3.63) is 58.6 Å². The monoisotopic (exact) mass is 501 g/mol. The average Bonchev–Trinajstić information content (AvgIpc) is 3.47. The molecule has 0 bridgehead atoms. The molecule has 188 valence electrons. The summed E-state index contributed by atoms with van der Waals surface area (Å²) in [6.45, 7) is 8.65. The van der Waals surface area contributed by atoms with Crippen LogP contribution >= 0.6 is 11.6 Å². The number of nitrogens with one attached hydrogen (secondary N) is 2. The second kappa shape index (κ2) is 10.6. The summed E-state index contributed by atoms with van der Waals surface area (Å²) in [6.07, 6.45) is -0.00832. The molecule has 3 rings (SSSR count). The highest BCUT2D eigenvalue weighted by atomic mass is 35.5. The van der Waals surface area contributed by atoms with E-state index in [9.17, 15) is 19.5 Å². The van der Waals surface area contributed by atoms with Crippen molar-refractivity contribution < 1.29 is 24.2 Å². The van der Waals surface area contributed by atoms with Crippen LogP contribution in [0.2, 0.25) is 5.02 Å². The van der Waals surface area contributed by atoms with Crippen LogP contribution in [0.15, 0.2) is 42.5 Å². The zero-order valence-corrected chi connectivity index (χ0v) is 21.3. The van der Waals surface area contributed by atoms with E-state index in [1.165, 1.54) is 17.0 Å². The number of para-hydroxylation sites is 1. The third-order valence-corrected chi connectivity index (χ3v) is 5.99. The zero-order chi connectivity index (χ0) is 25.9. The Kier molecular flexibility index (Phi) is 7.95. The number of halogens is 1. The number of alkyl carbamates (subject to hydrolysis) is 1. The molecule has 35 heavy (non-hydrogen) atoms. The maximum Gasteiger partial charge on any atom is 0.408 e. The summed E-state index contributed by atoms with van der Waals surface area (Å²) in [5.41, 5.74) is 0.948. The minimum atomic E-state index is -1.05. The Morgan fingerprint density at radius 2 is 1.86 bits per heavy atom. The van der Waals surface area contributed by atoms with Gasteiger partial charge in [0.05, 0.1) is 10.7 Å². The summed E-state index contributed by atoms with van der Waals surface area (Å²) in [7, 11) is 0. The predicted molar refractivity (Wildman–Crippen MR) is 134 cm³/mol. The van der Waals surface area contributed by atoms with Gasteiger partial charge in [-0.1, -0.05) is 42.8 Å². The molecule has 0 heterocycles. The summed E-state index contributed by atoms with van der Waals surface area (Å²) >= 11 is 6.33. The van der Waals surface area contributed by atoms with Gasteiger partial charge in [0, 0.05) is 6.04 Å². The van der Waals surface area contributed by atoms with Crippen LogP contribution in [-0.2, 0) is 14.3 Å². The van der Waals surface area contributed by atoms with Crippen molar-refractivity contribution >= 4 is 35.2 Å². The van der Waals surface area contributed by atoms with Crippen LogP contribution < -0.4 is 10.6 Å². The Bertz CT molecular complexity index is 1090. The molecule has 0 aromatic heterocycles. The summed E-state index contributed by atoms with van der Waals surface area (Å²) in [5.74, 6) is -0.770. The van der Waals surface area contributed by atoms with Gasteiger partial charge in [-0.05, 0) is 69.4 Å². The van der Waals surface area contributed by atoms with E-state index in [0.717, 1.165) is 5.56 Å². The SMILES string of the molecule is Cc1cccc(Cl)c1NC(=O)C(c1cccc(O)c1)N(C(=O)CNC(=O)OC(C)(C)C)C1CC1C. The minimum Gasteiger partial charge on any atom is -0.508 e. The molecule has 0 aliphatic heterocycles. The van der Waals surface area contributed by atoms with Gasteiger partial charge in [-0.15, -0.1) is 0 Å². The van der Waals surface area contributed by atoms with Gasteiger partial charge in [0.1, 0.15) is 23.9 Å². The Morgan fingerprint density at radius 1 is 1.20 bits per heavy atom. The third-order valence-electron chi connectivity index (χ3n) is 5.68. The molecule has 3 atom stereocenters. The molecule has 8 nitrogen and oxygen atoms in total. The van der Waals surface area contributed by atoms with Gasteiger partial charge in [0.15, 0.2) is 0 Å². The van der Waals surface area contributed by atoms with Crippen molar-refractivity contribution in [3.8, 4) is 5.75 Å². The van der Waals surface area contributed by atoms with E-state index in [1.54, 1.807) is 45.0 Å². The number of anilines is 1. The van der Waals surface area contributed by atoms with E-state index in [1.807, 2.05) is 19.9 Å². The Hall–Kier alpha value is -3.26. The van der Waals surface area contributed by atoms with Crippen molar-refractivity contribution in [2.75, 3.05) is 11.9 Å². The van der Waals surface area contributed by atoms with Gasteiger partial charge in [-0.2, -0.15) is 0 Å². The fourth-order valence-corrected chi connectivity index (χ4v) is 4.15. The molecule has 0 spiro atoms. The van der Waals surface area contributed by atoms with Crippen molar-refractivity contribution in [2.24, 2.45) is 5.92 Å². The van der Waals surface area contributed by atoms with Gasteiger partial charge in [-0.25, -0.2) is 4.79 Å². The van der Waals surface area contributed by atoms with Gasteiger partial charge in [-0.3, -0.25) is 9.59 Å². The number of carbonyl (C=O) groups excluding carboxylic acids is 3. The van der Waals surface area contributed by atoms with Crippen LogP contribution in [0.3, 0.4) is 0 Å². The highest BCUT2D eigenvalue weighted by Crippen LogP contribution is 2.41. The number of hydrogen-bond acceptors (Lipinski definition) is 5. The summed E-state index contributed by atoms with van der Waals surface area (Å²) < 4.78 is 5.23. The molecule has 1 aliphatic carbocycles. The molecular weight excluding hydrogens is 470 g/mol. The summed E-state index contributed by atoms with van der Waals surface area (Å²) in [6, 6.07) is 10.3. The molecule has 3 amide bonds. The number of rotatable bonds is 7. The number of ether oxygens (including phenoxy) is 1. The molecule has 3 unspecified atom stereocenters. The number of phenols is 1. The van der Waals surface area contributed by atoms with E-state index in [-0.39, 0.29) is 24.3 Å². The van der Waals surface area contributed by atoms with Crippen LogP contribution in [0, 0.1) is 12.8 Å². The lowest BCUT2D eigenvalue weighted by Crippen LogP contribution is -2.48. The largest absolute Gasteiger partial charge is 0.508 e. The van der Waals surface area contributed by atoms with Crippen LogP contribution in [-0.4, -0.2) is 46.1 Å². The van der Waals surface area contributed by atoms with Gasteiger partial charge in [0.2, 0.25) is 5.91 Å². The number of amides is 3. The van der Waals surface area contributed by atoms with Crippen molar-refractivity contribution in [1.29, 1.82) is 0 Å². The Balaban J connectivity index is 1.93. The number of aryl methyl sites for hydroxylation is 1. The fraction of sp³-hybridized carbons (Fsp3) is 0.423. The molecule has 2 aromatic rings. The highest BCUT2D eigenvalue weighted by molar-refractivity contribution is 6.34. The minimum absolute atomic E-state index is 0.0302. The quantitative estimate of drug-likeness (QED) is 0.505.